The van der Waals surface area contributed by atoms with Crippen LogP contribution in [0.2, 0.25) is 0 Å². The number of aromatic carboxylic acids is 1. The summed E-state index contributed by atoms with van der Waals surface area (Å²) in [6.45, 7) is 1.51. The van der Waals surface area contributed by atoms with Gasteiger partial charge in [0.2, 0.25) is 0 Å². The summed E-state index contributed by atoms with van der Waals surface area (Å²) in [6, 6.07) is 5.37. The molecule has 1 aliphatic carbocycles. The first kappa shape index (κ1) is 12.3. The van der Waals surface area contributed by atoms with E-state index in [9.17, 15) is 4.79 Å². The Morgan fingerprint density at radius 1 is 1.14 bits per heavy atom. The van der Waals surface area contributed by atoms with Crippen LogP contribution in [0.4, 0.5) is 5.82 Å². The van der Waals surface area contributed by atoms with Crippen LogP contribution in [0.5, 0.6) is 0 Å². The van der Waals surface area contributed by atoms with E-state index in [0.717, 1.165) is 43.7 Å². The van der Waals surface area contributed by atoms with Gasteiger partial charge in [-0.1, -0.05) is 6.07 Å². The number of hydrogen-bond donors (Lipinski definition) is 1. The molecule has 2 heterocycles. The first-order chi connectivity index (χ1) is 10.2. The summed E-state index contributed by atoms with van der Waals surface area (Å²) >= 11 is 0. The molecule has 5 nitrogen and oxygen atoms in total. The molecule has 0 atom stereocenters. The second kappa shape index (κ2) is 4.55. The van der Waals surface area contributed by atoms with Crippen molar-refractivity contribution in [2.45, 2.75) is 32.4 Å². The zero-order valence-corrected chi connectivity index (χ0v) is 11.5. The Labute approximate surface area is 122 Å². The van der Waals surface area contributed by atoms with Crippen molar-refractivity contribution in [2.75, 3.05) is 4.90 Å². The highest BCUT2D eigenvalue weighted by molar-refractivity contribution is 5.88. The van der Waals surface area contributed by atoms with Crippen LogP contribution in [0, 0.1) is 0 Å². The van der Waals surface area contributed by atoms with Gasteiger partial charge in [-0.2, -0.15) is 0 Å². The summed E-state index contributed by atoms with van der Waals surface area (Å²) in [5, 5.41) is 9.09. The number of rotatable bonds is 2. The van der Waals surface area contributed by atoms with Crippen LogP contribution in [-0.4, -0.2) is 21.0 Å². The van der Waals surface area contributed by atoms with E-state index in [1.165, 1.54) is 16.8 Å². The Balaban J connectivity index is 1.68. The van der Waals surface area contributed by atoms with E-state index >= 15 is 0 Å². The summed E-state index contributed by atoms with van der Waals surface area (Å²) in [5.74, 6) is 0.143. The van der Waals surface area contributed by atoms with E-state index in [0.29, 0.717) is 5.56 Å². The average molecular weight is 281 g/mol. The number of anilines is 1. The fourth-order valence-electron chi connectivity index (χ4n) is 3.29. The van der Waals surface area contributed by atoms with E-state index in [-0.39, 0.29) is 0 Å². The van der Waals surface area contributed by atoms with Gasteiger partial charge < -0.3 is 10.0 Å². The Bertz CT molecular complexity index is 742. The molecule has 5 heteroatoms. The predicted octanol–water partition coefficient (Wildman–Crippen LogP) is 2.18. The first-order valence-electron chi connectivity index (χ1n) is 7.15. The highest BCUT2D eigenvalue weighted by atomic mass is 16.4. The summed E-state index contributed by atoms with van der Waals surface area (Å²) in [5.41, 5.74) is 5.06. The van der Waals surface area contributed by atoms with Gasteiger partial charge in [-0.3, -0.25) is 0 Å². The van der Waals surface area contributed by atoms with Crippen molar-refractivity contribution in [3.63, 3.8) is 0 Å². The van der Waals surface area contributed by atoms with Crippen LogP contribution < -0.4 is 4.90 Å². The van der Waals surface area contributed by atoms with Gasteiger partial charge in [0, 0.05) is 24.3 Å². The maximum atomic E-state index is 11.1. The minimum absolute atomic E-state index is 0.350. The largest absolute Gasteiger partial charge is 0.478 e. The number of carbonyl (C=O) groups is 1. The van der Waals surface area contributed by atoms with Crippen molar-refractivity contribution in [3.05, 3.63) is 52.5 Å². The summed E-state index contributed by atoms with van der Waals surface area (Å²) in [7, 11) is 0. The average Bonchev–Trinajstić information content (AvgIpc) is 3.12. The molecule has 4 rings (SSSR count). The molecule has 0 radical (unpaired) electrons. The van der Waals surface area contributed by atoms with Crippen molar-refractivity contribution in [1.82, 2.24) is 9.97 Å². The summed E-state index contributed by atoms with van der Waals surface area (Å²) in [4.78, 5) is 22.1. The van der Waals surface area contributed by atoms with Gasteiger partial charge in [0.25, 0.3) is 0 Å². The number of aryl methyl sites for hydroxylation is 1. The molecule has 0 amide bonds. The van der Waals surface area contributed by atoms with E-state index in [1.807, 2.05) is 6.07 Å². The maximum Gasteiger partial charge on any atom is 0.335 e. The van der Waals surface area contributed by atoms with Crippen LogP contribution in [-0.2, 0) is 25.9 Å². The number of carboxylic acid groups (broad SMARTS) is 1. The molecular formula is C16H15N3O2. The van der Waals surface area contributed by atoms with Crippen LogP contribution in [0.25, 0.3) is 0 Å². The van der Waals surface area contributed by atoms with Crippen LogP contribution in [0.3, 0.4) is 0 Å². The van der Waals surface area contributed by atoms with Crippen molar-refractivity contribution in [3.8, 4) is 0 Å². The van der Waals surface area contributed by atoms with Crippen LogP contribution >= 0.6 is 0 Å². The SMILES string of the molecule is O=C(O)c1ccc2c(c1)CN(c1ncnc3c1CCC3)C2. The molecule has 1 aromatic carbocycles. The van der Waals surface area contributed by atoms with Crippen molar-refractivity contribution < 1.29 is 9.90 Å². The molecule has 21 heavy (non-hydrogen) atoms. The minimum Gasteiger partial charge on any atom is -0.478 e. The van der Waals surface area contributed by atoms with Gasteiger partial charge in [0.1, 0.15) is 12.1 Å². The molecule has 0 bridgehead atoms. The molecule has 1 N–H and O–H groups in total. The molecular weight excluding hydrogens is 266 g/mol. The molecule has 0 saturated heterocycles. The smallest absolute Gasteiger partial charge is 0.335 e. The van der Waals surface area contributed by atoms with Crippen molar-refractivity contribution in [2.24, 2.45) is 0 Å². The fraction of sp³-hybridized carbons (Fsp3) is 0.312. The lowest BCUT2D eigenvalue weighted by atomic mass is 10.1. The summed E-state index contributed by atoms with van der Waals surface area (Å²) in [6.07, 6.45) is 4.86. The van der Waals surface area contributed by atoms with Gasteiger partial charge >= 0.3 is 5.97 Å². The molecule has 0 spiro atoms. The molecule has 106 valence electrons. The highest BCUT2D eigenvalue weighted by Crippen LogP contribution is 2.33. The number of aromatic nitrogens is 2. The number of fused-ring (bicyclic) bond motifs is 2. The second-order valence-corrected chi connectivity index (χ2v) is 5.62. The quantitative estimate of drug-likeness (QED) is 0.914. The van der Waals surface area contributed by atoms with E-state index in [4.69, 9.17) is 5.11 Å². The maximum absolute atomic E-state index is 11.1. The Kier molecular flexibility index (Phi) is 2.67. The van der Waals surface area contributed by atoms with E-state index < -0.39 is 5.97 Å². The molecule has 1 aromatic heterocycles. The number of benzene rings is 1. The molecule has 2 aromatic rings. The number of hydrogen-bond acceptors (Lipinski definition) is 4. The van der Waals surface area contributed by atoms with Gasteiger partial charge in [-0.15, -0.1) is 0 Å². The van der Waals surface area contributed by atoms with Crippen LogP contribution in [0.1, 0.15) is 39.2 Å². The number of carboxylic acids is 1. The lowest BCUT2D eigenvalue weighted by Crippen LogP contribution is -2.18. The lowest BCUT2D eigenvalue weighted by Gasteiger charge is -2.19. The standard InChI is InChI=1S/C16H15N3O2/c20-16(21)10-4-5-11-7-19(8-12(11)6-10)15-13-2-1-3-14(13)17-9-18-15/h4-6,9H,1-3,7-8H2,(H,20,21). The van der Waals surface area contributed by atoms with Gasteiger partial charge in [-0.05, 0) is 42.5 Å². The van der Waals surface area contributed by atoms with E-state index in [1.54, 1.807) is 18.5 Å². The lowest BCUT2D eigenvalue weighted by molar-refractivity contribution is 0.0697. The Hall–Kier alpha value is -2.43. The topological polar surface area (TPSA) is 66.3 Å². The first-order valence-corrected chi connectivity index (χ1v) is 7.15. The summed E-state index contributed by atoms with van der Waals surface area (Å²) < 4.78 is 0. The third kappa shape index (κ3) is 1.96. The number of nitrogens with zero attached hydrogens (tertiary/aromatic N) is 3. The Morgan fingerprint density at radius 3 is 2.86 bits per heavy atom. The normalized spacial score (nSPS) is 15.9. The highest BCUT2D eigenvalue weighted by Gasteiger charge is 2.26. The predicted molar refractivity (Wildman–Crippen MR) is 77.3 cm³/mol. The molecule has 0 unspecified atom stereocenters. The van der Waals surface area contributed by atoms with Crippen molar-refractivity contribution in [1.29, 1.82) is 0 Å². The monoisotopic (exact) mass is 281 g/mol. The molecule has 1 aliphatic heterocycles. The molecule has 0 saturated carbocycles. The molecule has 2 aliphatic rings. The van der Waals surface area contributed by atoms with Crippen LogP contribution in [0.15, 0.2) is 24.5 Å². The van der Waals surface area contributed by atoms with Gasteiger partial charge in [-0.25, -0.2) is 14.8 Å². The zero-order valence-electron chi connectivity index (χ0n) is 11.5. The zero-order chi connectivity index (χ0) is 14.4. The van der Waals surface area contributed by atoms with E-state index in [2.05, 4.69) is 14.9 Å². The van der Waals surface area contributed by atoms with Gasteiger partial charge in [0.05, 0.1) is 5.56 Å². The van der Waals surface area contributed by atoms with Crippen molar-refractivity contribution >= 4 is 11.8 Å². The third-order valence-corrected chi connectivity index (χ3v) is 4.33. The Morgan fingerprint density at radius 2 is 2.00 bits per heavy atom. The fourth-order valence-corrected chi connectivity index (χ4v) is 3.29. The molecule has 0 fully saturated rings. The third-order valence-electron chi connectivity index (χ3n) is 4.33. The van der Waals surface area contributed by atoms with Gasteiger partial charge in [0.15, 0.2) is 0 Å². The second-order valence-electron chi connectivity index (χ2n) is 5.62. The minimum atomic E-state index is -0.876.